The van der Waals surface area contributed by atoms with Gasteiger partial charge in [-0.3, -0.25) is 9.08 Å². The summed E-state index contributed by atoms with van der Waals surface area (Å²) in [6.07, 6.45) is 0.955. The summed E-state index contributed by atoms with van der Waals surface area (Å²) in [5.41, 5.74) is 2.31. The predicted molar refractivity (Wildman–Crippen MR) is 98.7 cm³/mol. The molecule has 0 saturated carbocycles. The van der Waals surface area contributed by atoms with Crippen molar-refractivity contribution in [2.24, 2.45) is 5.92 Å². The van der Waals surface area contributed by atoms with Crippen LogP contribution in [0.15, 0.2) is 59.5 Å². The van der Waals surface area contributed by atoms with Crippen molar-refractivity contribution in [2.75, 3.05) is 13.2 Å². The second kappa shape index (κ2) is 7.68. The molecule has 3 rings (SSSR count). The van der Waals surface area contributed by atoms with E-state index in [1.807, 2.05) is 25.1 Å². The number of likely N-dealkylation sites (tertiary alicyclic amines) is 1. The fraction of sp³-hybridized carbons (Fsp3) is 0.400. The highest BCUT2D eigenvalue weighted by molar-refractivity contribution is 7.86. The van der Waals surface area contributed by atoms with Crippen molar-refractivity contribution in [3.8, 4) is 0 Å². The quantitative estimate of drug-likeness (QED) is 0.739. The Balaban J connectivity index is 1.56. The summed E-state index contributed by atoms with van der Waals surface area (Å²) < 4.78 is 30.0. The Bertz CT molecular complexity index is 787. The summed E-state index contributed by atoms with van der Waals surface area (Å²) in [6.45, 7) is 6.12. The lowest BCUT2D eigenvalue weighted by molar-refractivity contribution is 0.231. The van der Waals surface area contributed by atoms with Crippen molar-refractivity contribution >= 4 is 10.1 Å². The zero-order valence-electron chi connectivity index (χ0n) is 14.8. The van der Waals surface area contributed by atoms with E-state index in [1.165, 1.54) is 5.56 Å². The molecule has 5 heteroatoms. The Morgan fingerprint density at radius 3 is 2.44 bits per heavy atom. The first kappa shape index (κ1) is 18.1. The maximum absolute atomic E-state index is 12.3. The standard InChI is InChI=1S/C20H25NO3S/c1-16-8-10-20(11-9-16)25(22,23)24-15-19-12-17(2)21(14-19)13-18-6-4-3-5-7-18/h3-11,17,19H,12-15H2,1-2H3/t17-,19-/m0/s1. The minimum atomic E-state index is -3.68. The molecule has 2 atom stereocenters. The zero-order valence-corrected chi connectivity index (χ0v) is 15.6. The SMILES string of the molecule is Cc1ccc(S(=O)(=O)OC[C@H]2C[C@H](C)N(Cc3ccccc3)C2)cc1. The van der Waals surface area contributed by atoms with Crippen LogP contribution in [0.3, 0.4) is 0 Å². The van der Waals surface area contributed by atoms with E-state index in [0.717, 1.165) is 25.1 Å². The van der Waals surface area contributed by atoms with E-state index in [-0.39, 0.29) is 17.4 Å². The highest BCUT2D eigenvalue weighted by atomic mass is 32.2. The molecule has 0 amide bonds. The first-order chi connectivity index (χ1) is 11.9. The summed E-state index contributed by atoms with van der Waals surface area (Å²) in [6, 6.07) is 17.6. The van der Waals surface area contributed by atoms with E-state index in [1.54, 1.807) is 24.3 Å². The predicted octanol–water partition coefficient (Wildman–Crippen LogP) is 3.61. The molecule has 0 unspecified atom stereocenters. The second-order valence-corrected chi connectivity index (χ2v) is 8.53. The maximum Gasteiger partial charge on any atom is 0.296 e. The zero-order chi connectivity index (χ0) is 17.9. The molecule has 25 heavy (non-hydrogen) atoms. The summed E-state index contributed by atoms with van der Waals surface area (Å²) in [5.74, 6) is 0.235. The number of rotatable bonds is 6. The Morgan fingerprint density at radius 1 is 1.08 bits per heavy atom. The van der Waals surface area contributed by atoms with Crippen molar-refractivity contribution in [1.82, 2.24) is 4.90 Å². The van der Waals surface area contributed by atoms with Gasteiger partial charge in [-0.25, -0.2) is 0 Å². The van der Waals surface area contributed by atoms with Gasteiger partial charge in [0.15, 0.2) is 0 Å². The van der Waals surface area contributed by atoms with Gasteiger partial charge in [-0.15, -0.1) is 0 Å². The average Bonchev–Trinajstić information content (AvgIpc) is 2.94. The third-order valence-electron chi connectivity index (χ3n) is 4.79. The fourth-order valence-electron chi connectivity index (χ4n) is 3.34. The summed E-state index contributed by atoms with van der Waals surface area (Å²) in [4.78, 5) is 2.62. The summed E-state index contributed by atoms with van der Waals surface area (Å²) in [5, 5.41) is 0. The van der Waals surface area contributed by atoms with E-state index in [2.05, 4.69) is 24.0 Å². The number of nitrogens with zero attached hydrogens (tertiary/aromatic N) is 1. The molecule has 0 spiro atoms. The van der Waals surface area contributed by atoms with E-state index >= 15 is 0 Å². The molecule has 4 nitrogen and oxygen atoms in total. The minimum Gasteiger partial charge on any atom is -0.296 e. The van der Waals surface area contributed by atoms with Crippen molar-refractivity contribution in [1.29, 1.82) is 0 Å². The molecule has 1 heterocycles. The highest BCUT2D eigenvalue weighted by Crippen LogP contribution is 2.26. The Morgan fingerprint density at radius 2 is 1.76 bits per heavy atom. The molecular weight excluding hydrogens is 334 g/mol. The second-order valence-electron chi connectivity index (χ2n) is 6.92. The molecule has 1 aliphatic heterocycles. The molecule has 1 saturated heterocycles. The number of hydrogen-bond acceptors (Lipinski definition) is 4. The molecule has 134 valence electrons. The number of hydrogen-bond donors (Lipinski definition) is 0. The van der Waals surface area contributed by atoms with Gasteiger partial charge in [0.25, 0.3) is 10.1 Å². The van der Waals surface area contributed by atoms with Crippen LogP contribution in [0.1, 0.15) is 24.5 Å². The molecule has 1 aliphatic rings. The van der Waals surface area contributed by atoms with E-state index in [9.17, 15) is 8.42 Å². The molecular formula is C20H25NO3S. The van der Waals surface area contributed by atoms with Gasteiger partial charge in [0.2, 0.25) is 0 Å². The van der Waals surface area contributed by atoms with Crippen LogP contribution >= 0.6 is 0 Å². The fourth-order valence-corrected chi connectivity index (χ4v) is 4.31. The third kappa shape index (κ3) is 4.69. The molecule has 1 fully saturated rings. The lowest BCUT2D eigenvalue weighted by atomic mass is 10.1. The van der Waals surface area contributed by atoms with Gasteiger partial charge in [0.05, 0.1) is 11.5 Å². The van der Waals surface area contributed by atoms with Gasteiger partial charge in [-0.05, 0) is 43.9 Å². The van der Waals surface area contributed by atoms with Gasteiger partial charge < -0.3 is 0 Å². The van der Waals surface area contributed by atoms with Crippen molar-refractivity contribution < 1.29 is 12.6 Å². The van der Waals surface area contributed by atoms with Crippen LogP contribution in [0.5, 0.6) is 0 Å². The summed E-state index contributed by atoms with van der Waals surface area (Å²) >= 11 is 0. The highest BCUT2D eigenvalue weighted by Gasteiger charge is 2.30. The van der Waals surface area contributed by atoms with Crippen LogP contribution in [0, 0.1) is 12.8 Å². The molecule has 0 aliphatic carbocycles. The molecule has 2 aromatic rings. The van der Waals surface area contributed by atoms with Crippen LogP contribution < -0.4 is 0 Å². The van der Waals surface area contributed by atoms with Crippen molar-refractivity contribution in [2.45, 2.75) is 37.8 Å². The lowest BCUT2D eigenvalue weighted by Gasteiger charge is -2.21. The van der Waals surface area contributed by atoms with Crippen LogP contribution in [0.4, 0.5) is 0 Å². The monoisotopic (exact) mass is 359 g/mol. The molecule has 0 N–H and O–H groups in total. The van der Waals surface area contributed by atoms with E-state index in [4.69, 9.17) is 4.18 Å². The van der Waals surface area contributed by atoms with Gasteiger partial charge in [-0.1, -0.05) is 48.0 Å². The van der Waals surface area contributed by atoms with Gasteiger partial charge in [0, 0.05) is 19.1 Å². The summed E-state index contributed by atoms with van der Waals surface area (Å²) in [7, 11) is -3.68. The van der Waals surface area contributed by atoms with Crippen LogP contribution in [0.25, 0.3) is 0 Å². The lowest BCUT2D eigenvalue weighted by Crippen LogP contribution is -2.27. The Hall–Kier alpha value is -1.69. The molecule has 0 radical (unpaired) electrons. The third-order valence-corrected chi connectivity index (χ3v) is 6.08. The smallest absolute Gasteiger partial charge is 0.296 e. The van der Waals surface area contributed by atoms with Crippen LogP contribution in [0.2, 0.25) is 0 Å². The van der Waals surface area contributed by atoms with Crippen LogP contribution in [-0.4, -0.2) is 32.5 Å². The first-order valence-corrected chi connectivity index (χ1v) is 10.1. The van der Waals surface area contributed by atoms with Crippen LogP contribution in [-0.2, 0) is 20.8 Å². The van der Waals surface area contributed by atoms with Gasteiger partial charge >= 0.3 is 0 Å². The van der Waals surface area contributed by atoms with Crippen molar-refractivity contribution in [3.05, 3.63) is 65.7 Å². The molecule has 0 bridgehead atoms. The normalized spacial score (nSPS) is 21.5. The topological polar surface area (TPSA) is 46.6 Å². The Kier molecular flexibility index (Phi) is 5.57. The van der Waals surface area contributed by atoms with E-state index in [0.29, 0.717) is 6.04 Å². The Labute approximate surface area is 150 Å². The number of benzene rings is 2. The first-order valence-electron chi connectivity index (χ1n) is 8.68. The average molecular weight is 359 g/mol. The minimum absolute atomic E-state index is 0.227. The molecule has 2 aromatic carbocycles. The van der Waals surface area contributed by atoms with E-state index < -0.39 is 10.1 Å². The number of aryl methyl sites for hydroxylation is 1. The van der Waals surface area contributed by atoms with Gasteiger partial charge in [-0.2, -0.15) is 8.42 Å². The maximum atomic E-state index is 12.3. The largest absolute Gasteiger partial charge is 0.296 e. The van der Waals surface area contributed by atoms with Gasteiger partial charge in [0.1, 0.15) is 0 Å². The van der Waals surface area contributed by atoms with Crippen molar-refractivity contribution in [3.63, 3.8) is 0 Å². The molecule has 0 aromatic heterocycles.